The van der Waals surface area contributed by atoms with Crippen molar-refractivity contribution in [1.82, 2.24) is 4.90 Å². The van der Waals surface area contributed by atoms with E-state index in [9.17, 15) is 9.18 Å². The van der Waals surface area contributed by atoms with Crippen LogP contribution in [0.1, 0.15) is 53.9 Å². The highest BCUT2D eigenvalue weighted by Gasteiger charge is 2.20. The van der Waals surface area contributed by atoms with E-state index in [0.29, 0.717) is 17.4 Å². The van der Waals surface area contributed by atoms with E-state index < -0.39 is 0 Å². The molecule has 1 fully saturated rings. The monoisotopic (exact) mass is 373 g/mol. The molecule has 0 spiro atoms. The van der Waals surface area contributed by atoms with Crippen molar-refractivity contribution >= 4 is 17.4 Å². The van der Waals surface area contributed by atoms with Crippen molar-refractivity contribution < 1.29 is 9.18 Å². The molecule has 2 aromatic carbocycles. The van der Waals surface area contributed by atoms with Gasteiger partial charge in [0.1, 0.15) is 5.82 Å². The summed E-state index contributed by atoms with van der Waals surface area (Å²) in [5.41, 5.74) is 1.99. The highest BCUT2D eigenvalue weighted by Crippen LogP contribution is 2.28. The molecule has 1 heterocycles. The number of rotatable bonds is 7. The average Bonchev–Trinajstić information content (AvgIpc) is 2.67. The minimum absolute atomic E-state index is 0.167. The van der Waals surface area contributed by atoms with Crippen molar-refractivity contribution in [2.75, 3.05) is 19.6 Å². The second kappa shape index (κ2) is 9.29. The number of nitrogens with zero attached hydrogens (tertiary/aromatic N) is 1. The van der Waals surface area contributed by atoms with E-state index in [1.807, 2.05) is 12.1 Å². The fourth-order valence-electron chi connectivity index (χ4n) is 3.63. The Morgan fingerprint density at radius 1 is 1.00 bits per heavy atom. The Bertz CT molecular complexity index is 706. The number of piperidine rings is 1. The number of likely N-dealkylation sites (tertiary alicyclic amines) is 1. The minimum Gasteiger partial charge on any atom is -0.303 e. The Hall–Kier alpha value is -1.71. The van der Waals surface area contributed by atoms with Crippen LogP contribution in [0.3, 0.4) is 0 Å². The van der Waals surface area contributed by atoms with Gasteiger partial charge in [-0.05, 0) is 93.2 Å². The fraction of sp³-hybridized carbons (Fsp3) is 0.409. The molecular weight excluding hydrogens is 349 g/mol. The van der Waals surface area contributed by atoms with Crippen molar-refractivity contribution in [3.8, 4) is 0 Å². The molecule has 0 saturated carbocycles. The second-order valence-electron chi connectivity index (χ2n) is 7.05. The van der Waals surface area contributed by atoms with Gasteiger partial charge in [0.05, 0.1) is 0 Å². The summed E-state index contributed by atoms with van der Waals surface area (Å²) in [6.45, 7) is 3.20. The van der Waals surface area contributed by atoms with E-state index >= 15 is 0 Å². The topological polar surface area (TPSA) is 20.3 Å². The molecule has 1 aliphatic rings. The lowest BCUT2D eigenvalue weighted by Gasteiger charge is -2.32. The smallest absolute Gasteiger partial charge is 0.162 e. The van der Waals surface area contributed by atoms with Gasteiger partial charge in [0.2, 0.25) is 0 Å². The lowest BCUT2D eigenvalue weighted by Crippen LogP contribution is -2.33. The van der Waals surface area contributed by atoms with E-state index in [-0.39, 0.29) is 11.6 Å². The maximum Gasteiger partial charge on any atom is 0.162 e. The predicted molar refractivity (Wildman–Crippen MR) is 104 cm³/mol. The highest BCUT2D eigenvalue weighted by molar-refractivity contribution is 6.30. The molecule has 0 aliphatic carbocycles. The van der Waals surface area contributed by atoms with E-state index in [0.717, 1.165) is 50.9 Å². The first-order valence-corrected chi connectivity index (χ1v) is 9.76. The average molecular weight is 374 g/mol. The second-order valence-corrected chi connectivity index (χ2v) is 7.49. The van der Waals surface area contributed by atoms with Crippen molar-refractivity contribution in [2.24, 2.45) is 0 Å². The van der Waals surface area contributed by atoms with Crippen LogP contribution in [0.2, 0.25) is 5.02 Å². The van der Waals surface area contributed by atoms with Gasteiger partial charge in [0.15, 0.2) is 5.78 Å². The fourth-order valence-corrected chi connectivity index (χ4v) is 3.75. The Morgan fingerprint density at radius 2 is 1.65 bits per heavy atom. The number of benzene rings is 2. The van der Waals surface area contributed by atoms with Crippen LogP contribution in [0.5, 0.6) is 0 Å². The van der Waals surface area contributed by atoms with Crippen LogP contribution in [-0.4, -0.2) is 30.3 Å². The predicted octanol–water partition coefficient (Wildman–Crippen LogP) is 5.71. The zero-order valence-electron chi connectivity index (χ0n) is 15.0. The van der Waals surface area contributed by atoms with E-state index in [4.69, 9.17) is 11.6 Å². The van der Waals surface area contributed by atoms with Crippen LogP contribution in [-0.2, 0) is 0 Å². The van der Waals surface area contributed by atoms with Gasteiger partial charge in [-0.15, -0.1) is 0 Å². The van der Waals surface area contributed by atoms with Gasteiger partial charge in [-0.3, -0.25) is 4.79 Å². The first-order chi connectivity index (χ1) is 12.6. The summed E-state index contributed by atoms with van der Waals surface area (Å²) >= 11 is 5.85. The van der Waals surface area contributed by atoms with Gasteiger partial charge in [0.25, 0.3) is 0 Å². The van der Waals surface area contributed by atoms with Gasteiger partial charge in [-0.1, -0.05) is 23.7 Å². The maximum atomic E-state index is 13.0. The number of halogens is 2. The van der Waals surface area contributed by atoms with Crippen molar-refractivity contribution in [3.63, 3.8) is 0 Å². The molecule has 0 radical (unpaired) electrons. The Kier molecular flexibility index (Phi) is 6.81. The van der Waals surface area contributed by atoms with Crippen LogP contribution in [0.15, 0.2) is 48.5 Å². The van der Waals surface area contributed by atoms with Crippen LogP contribution in [0, 0.1) is 5.82 Å². The first-order valence-electron chi connectivity index (χ1n) is 9.38. The summed E-state index contributed by atoms with van der Waals surface area (Å²) < 4.78 is 13.0. The molecule has 3 rings (SSSR count). The maximum absolute atomic E-state index is 13.0. The quantitative estimate of drug-likeness (QED) is 0.457. The van der Waals surface area contributed by atoms with Crippen molar-refractivity contribution in [2.45, 2.75) is 38.0 Å². The minimum atomic E-state index is -0.167. The molecule has 26 heavy (non-hydrogen) atoms. The van der Waals surface area contributed by atoms with E-state index in [1.54, 1.807) is 36.4 Å². The lowest BCUT2D eigenvalue weighted by molar-refractivity contribution is 0.0977. The third-order valence-electron chi connectivity index (χ3n) is 5.22. The number of ketones is 1. The van der Waals surface area contributed by atoms with Crippen molar-refractivity contribution in [1.29, 1.82) is 0 Å². The Balaban J connectivity index is 1.34. The third kappa shape index (κ3) is 5.39. The molecule has 4 heteroatoms. The van der Waals surface area contributed by atoms with Crippen LogP contribution >= 0.6 is 11.6 Å². The number of hydrogen-bond donors (Lipinski definition) is 0. The summed E-state index contributed by atoms with van der Waals surface area (Å²) in [6, 6.07) is 14.1. The molecule has 138 valence electrons. The molecular formula is C22H25ClFNO. The molecule has 1 saturated heterocycles. The van der Waals surface area contributed by atoms with Gasteiger partial charge < -0.3 is 4.90 Å². The van der Waals surface area contributed by atoms with Gasteiger partial charge in [-0.2, -0.15) is 0 Å². The third-order valence-corrected chi connectivity index (χ3v) is 5.48. The molecule has 0 aromatic heterocycles. The Labute approximate surface area is 160 Å². The van der Waals surface area contributed by atoms with Crippen LogP contribution in [0.25, 0.3) is 0 Å². The molecule has 0 atom stereocenters. The lowest BCUT2D eigenvalue weighted by atomic mass is 9.89. The summed E-state index contributed by atoms with van der Waals surface area (Å²) in [5.74, 6) is 0.564. The Morgan fingerprint density at radius 3 is 2.31 bits per heavy atom. The number of carbonyl (C=O) groups is 1. The zero-order valence-corrected chi connectivity index (χ0v) is 15.7. The summed E-state index contributed by atoms with van der Waals surface area (Å²) in [4.78, 5) is 14.6. The standard InChI is InChI=1S/C22H25ClFNO/c23-20-8-4-19(5-9-20)22(26)3-1-2-14-25-15-12-18(13-16-25)17-6-10-21(24)11-7-17/h4-11,18H,1-3,12-16H2. The number of unbranched alkanes of at least 4 members (excludes halogenated alkanes) is 1. The molecule has 0 N–H and O–H groups in total. The number of hydrogen-bond acceptors (Lipinski definition) is 2. The van der Waals surface area contributed by atoms with Gasteiger partial charge in [0, 0.05) is 17.0 Å². The van der Waals surface area contributed by atoms with Crippen molar-refractivity contribution in [3.05, 3.63) is 70.5 Å². The summed E-state index contributed by atoms with van der Waals surface area (Å²) in [5, 5.41) is 0.658. The molecule has 0 amide bonds. The van der Waals surface area contributed by atoms with E-state index in [2.05, 4.69) is 4.90 Å². The molecule has 1 aliphatic heterocycles. The highest BCUT2D eigenvalue weighted by atomic mass is 35.5. The molecule has 2 nitrogen and oxygen atoms in total. The van der Waals surface area contributed by atoms with Crippen LogP contribution < -0.4 is 0 Å². The van der Waals surface area contributed by atoms with Crippen LogP contribution in [0.4, 0.5) is 4.39 Å². The summed E-state index contributed by atoms with van der Waals surface area (Å²) in [6.07, 6.45) is 4.79. The molecule has 2 aromatic rings. The molecule has 0 bridgehead atoms. The normalized spacial score (nSPS) is 15.9. The van der Waals surface area contributed by atoms with Gasteiger partial charge in [-0.25, -0.2) is 4.39 Å². The SMILES string of the molecule is O=C(CCCCN1CCC(c2ccc(F)cc2)CC1)c1ccc(Cl)cc1. The first kappa shape index (κ1) is 19.1. The zero-order chi connectivity index (χ0) is 18.4. The summed E-state index contributed by atoms with van der Waals surface area (Å²) in [7, 11) is 0. The van der Waals surface area contributed by atoms with E-state index in [1.165, 1.54) is 5.56 Å². The largest absolute Gasteiger partial charge is 0.303 e. The van der Waals surface area contributed by atoms with Gasteiger partial charge >= 0.3 is 0 Å². The number of carbonyl (C=O) groups excluding carboxylic acids is 1. The number of Topliss-reactive ketones (excluding diaryl/α,β-unsaturated/α-hetero) is 1. The molecule has 0 unspecified atom stereocenters.